The molecule has 0 saturated carbocycles. The number of aromatic hydroxyl groups is 2. The van der Waals surface area contributed by atoms with E-state index in [9.17, 15) is 15.0 Å². The van der Waals surface area contributed by atoms with Crippen molar-refractivity contribution in [3.63, 3.8) is 0 Å². The zero-order chi connectivity index (χ0) is 17.1. The number of hydrogen-bond donors (Lipinski definition) is 3. The van der Waals surface area contributed by atoms with Gasteiger partial charge in [-0.05, 0) is 47.7 Å². The lowest BCUT2D eigenvalue weighted by molar-refractivity contribution is -0.115. The van der Waals surface area contributed by atoms with Crippen LogP contribution in [0.15, 0.2) is 52.4 Å². The normalized spacial score (nSPS) is 17.3. The average molecular weight is 342 g/mol. The van der Waals surface area contributed by atoms with Gasteiger partial charge in [-0.2, -0.15) is 0 Å². The number of rotatable bonds is 3. The first-order valence-corrected chi connectivity index (χ1v) is 7.83. The van der Waals surface area contributed by atoms with Crippen LogP contribution in [0.3, 0.4) is 0 Å². The summed E-state index contributed by atoms with van der Waals surface area (Å²) in [5.41, 5.74) is 1.10. The molecular formula is C17H14N2O4S. The minimum atomic E-state index is -0.277. The number of carbonyl (C=O) groups excluding carboxylic acids is 1. The second kappa shape index (κ2) is 6.67. The van der Waals surface area contributed by atoms with Crippen LogP contribution in [0.5, 0.6) is 17.2 Å². The number of para-hydroxylation sites is 2. The molecule has 1 fully saturated rings. The van der Waals surface area contributed by atoms with E-state index < -0.39 is 0 Å². The number of aliphatic imine (C=N–C) groups is 1. The van der Waals surface area contributed by atoms with Crippen LogP contribution in [0.4, 0.5) is 5.69 Å². The number of nitrogens with zero attached hydrogens (tertiary/aromatic N) is 1. The van der Waals surface area contributed by atoms with Crippen LogP contribution in [0.1, 0.15) is 5.56 Å². The first-order chi connectivity index (χ1) is 11.6. The van der Waals surface area contributed by atoms with Gasteiger partial charge in [0.1, 0.15) is 11.4 Å². The maximum atomic E-state index is 12.1. The first kappa shape index (κ1) is 15.9. The van der Waals surface area contributed by atoms with Crippen molar-refractivity contribution in [1.82, 2.24) is 5.32 Å². The van der Waals surface area contributed by atoms with Gasteiger partial charge in [0, 0.05) is 0 Å². The average Bonchev–Trinajstić information content (AvgIpc) is 2.91. The summed E-state index contributed by atoms with van der Waals surface area (Å²) in [4.78, 5) is 16.8. The maximum Gasteiger partial charge on any atom is 0.264 e. The Morgan fingerprint density at radius 2 is 1.96 bits per heavy atom. The van der Waals surface area contributed by atoms with E-state index in [1.165, 1.54) is 31.0 Å². The van der Waals surface area contributed by atoms with Crippen molar-refractivity contribution in [1.29, 1.82) is 0 Å². The van der Waals surface area contributed by atoms with Crippen LogP contribution in [-0.4, -0.2) is 28.4 Å². The fourth-order valence-corrected chi connectivity index (χ4v) is 2.92. The molecule has 1 heterocycles. The first-order valence-electron chi connectivity index (χ1n) is 7.01. The van der Waals surface area contributed by atoms with Gasteiger partial charge in [-0.1, -0.05) is 18.2 Å². The van der Waals surface area contributed by atoms with Crippen molar-refractivity contribution in [2.75, 3.05) is 7.11 Å². The van der Waals surface area contributed by atoms with Gasteiger partial charge in [0.15, 0.2) is 16.7 Å². The number of ether oxygens (including phenoxy) is 1. The highest BCUT2D eigenvalue weighted by atomic mass is 32.2. The molecule has 0 bridgehead atoms. The molecule has 1 aliphatic heterocycles. The van der Waals surface area contributed by atoms with E-state index in [0.717, 1.165) is 0 Å². The molecule has 2 aromatic rings. The van der Waals surface area contributed by atoms with Gasteiger partial charge < -0.3 is 20.3 Å². The lowest BCUT2D eigenvalue weighted by Crippen LogP contribution is -2.19. The number of carbonyl (C=O) groups is 1. The number of thioether (sulfide) groups is 1. The summed E-state index contributed by atoms with van der Waals surface area (Å²) in [6.45, 7) is 0. The predicted molar refractivity (Wildman–Crippen MR) is 93.6 cm³/mol. The number of amidine groups is 1. The van der Waals surface area contributed by atoms with Crippen LogP contribution in [0.25, 0.3) is 6.08 Å². The summed E-state index contributed by atoms with van der Waals surface area (Å²) in [7, 11) is 1.46. The van der Waals surface area contributed by atoms with Gasteiger partial charge >= 0.3 is 0 Å². The molecule has 2 aromatic carbocycles. The summed E-state index contributed by atoms with van der Waals surface area (Å²) in [6.07, 6.45) is 1.68. The van der Waals surface area contributed by atoms with Crippen LogP contribution >= 0.6 is 11.8 Å². The molecule has 0 radical (unpaired) electrons. The number of benzene rings is 2. The Morgan fingerprint density at radius 1 is 1.17 bits per heavy atom. The SMILES string of the molecule is COc1cc(/C=C2\SC(=Nc3ccccc3O)NC2=O)ccc1O. The summed E-state index contributed by atoms with van der Waals surface area (Å²) >= 11 is 1.17. The van der Waals surface area contributed by atoms with Crippen molar-refractivity contribution >= 4 is 34.6 Å². The molecule has 0 unspecified atom stereocenters. The molecule has 122 valence electrons. The third-order valence-corrected chi connectivity index (χ3v) is 4.17. The van der Waals surface area contributed by atoms with Gasteiger partial charge in [0.05, 0.1) is 12.0 Å². The molecule has 24 heavy (non-hydrogen) atoms. The molecule has 7 heteroatoms. The van der Waals surface area contributed by atoms with Crippen molar-refractivity contribution in [3.05, 3.63) is 52.9 Å². The van der Waals surface area contributed by atoms with Gasteiger partial charge in [0.25, 0.3) is 5.91 Å². The quantitative estimate of drug-likeness (QED) is 0.746. The minimum absolute atomic E-state index is 0.0324. The smallest absolute Gasteiger partial charge is 0.264 e. The Labute approximate surface area is 142 Å². The Bertz CT molecular complexity index is 861. The lowest BCUT2D eigenvalue weighted by atomic mass is 10.2. The number of amides is 1. The van der Waals surface area contributed by atoms with Crippen LogP contribution in [-0.2, 0) is 4.79 Å². The highest BCUT2D eigenvalue weighted by molar-refractivity contribution is 8.18. The zero-order valence-corrected chi connectivity index (χ0v) is 13.5. The topological polar surface area (TPSA) is 91.2 Å². The Morgan fingerprint density at radius 3 is 2.71 bits per heavy atom. The number of methoxy groups -OCH3 is 1. The van der Waals surface area contributed by atoms with Crippen molar-refractivity contribution in [2.45, 2.75) is 0 Å². The molecule has 1 amide bonds. The van der Waals surface area contributed by atoms with Crippen molar-refractivity contribution < 1.29 is 19.7 Å². The largest absolute Gasteiger partial charge is 0.506 e. The van der Waals surface area contributed by atoms with E-state index in [1.807, 2.05) is 0 Å². The van der Waals surface area contributed by atoms with E-state index in [0.29, 0.717) is 27.1 Å². The van der Waals surface area contributed by atoms with Gasteiger partial charge in [-0.25, -0.2) is 4.99 Å². The molecule has 0 aliphatic carbocycles. The monoisotopic (exact) mass is 342 g/mol. The Balaban J connectivity index is 1.86. The Hall–Kier alpha value is -2.93. The number of nitrogens with one attached hydrogen (secondary N) is 1. The number of phenolic OH excluding ortho intramolecular Hbond substituents is 2. The van der Waals surface area contributed by atoms with E-state index >= 15 is 0 Å². The predicted octanol–water partition coefficient (Wildman–Crippen LogP) is 3.00. The van der Waals surface area contributed by atoms with E-state index in [-0.39, 0.29) is 17.4 Å². The highest BCUT2D eigenvalue weighted by Crippen LogP contribution is 2.33. The van der Waals surface area contributed by atoms with E-state index in [1.54, 1.807) is 36.4 Å². The summed E-state index contributed by atoms with van der Waals surface area (Å²) in [5, 5.41) is 22.4. The fourth-order valence-electron chi connectivity index (χ4n) is 2.08. The molecule has 3 N–H and O–H groups in total. The van der Waals surface area contributed by atoms with Crippen LogP contribution < -0.4 is 10.1 Å². The molecule has 6 nitrogen and oxygen atoms in total. The van der Waals surface area contributed by atoms with E-state index in [4.69, 9.17) is 4.74 Å². The summed E-state index contributed by atoms with van der Waals surface area (Å²) in [6, 6.07) is 11.4. The summed E-state index contributed by atoms with van der Waals surface area (Å²) in [5.74, 6) is 0.127. The lowest BCUT2D eigenvalue weighted by Gasteiger charge is -2.03. The van der Waals surface area contributed by atoms with E-state index in [2.05, 4.69) is 10.3 Å². The molecule has 0 atom stereocenters. The van der Waals surface area contributed by atoms with Crippen molar-refractivity contribution in [3.8, 4) is 17.2 Å². The standard InChI is InChI=1S/C17H14N2O4S/c1-23-14-8-10(6-7-13(14)21)9-15-16(22)19-17(24-15)18-11-4-2-3-5-12(11)20/h2-9,20-21H,1H3,(H,18,19,22)/b15-9-. The third-order valence-electron chi connectivity index (χ3n) is 3.26. The molecular weight excluding hydrogens is 328 g/mol. The zero-order valence-electron chi connectivity index (χ0n) is 12.7. The number of phenols is 2. The van der Waals surface area contributed by atoms with Crippen LogP contribution in [0, 0.1) is 0 Å². The van der Waals surface area contributed by atoms with Gasteiger partial charge in [-0.15, -0.1) is 0 Å². The number of hydrogen-bond acceptors (Lipinski definition) is 6. The second-order valence-electron chi connectivity index (χ2n) is 4.90. The van der Waals surface area contributed by atoms with Gasteiger partial charge in [-0.3, -0.25) is 4.79 Å². The molecule has 1 saturated heterocycles. The van der Waals surface area contributed by atoms with Crippen LogP contribution in [0.2, 0.25) is 0 Å². The molecule has 0 aromatic heterocycles. The van der Waals surface area contributed by atoms with Gasteiger partial charge in [0.2, 0.25) is 0 Å². The molecule has 0 spiro atoms. The molecule has 3 rings (SSSR count). The van der Waals surface area contributed by atoms with Crippen molar-refractivity contribution in [2.24, 2.45) is 4.99 Å². The second-order valence-corrected chi connectivity index (χ2v) is 5.93. The summed E-state index contributed by atoms with van der Waals surface area (Å²) < 4.78 is 5.05. The maximum absolute atomic E-state index is 12.1. The highest BCUT2D eigenvalue weighted by Gasteiger charge is 2.24. The minimum Gasteiger partial charge on any atom is -0.506 e. The third kappa shape index (κ3) is 3.36. The Kier molecular flexibility index (Phi) is 4.43. The molecule has 1 aliphatic rings. The fraction of sp³-hybridized carbons (Fsp3) is 0.0588.